The number of nitrogens with zero attached hydrogens (tertiary/aromatic N) is 1. The second kappa shape index (κ2) is 32.0. The Bertz CT molecular complexity index is 1040. The Labute approximate surface area is 342 Å². The highest BCUT2D eigenvalue weighted by atomic mass is 31.2. The van der Waals surface area contributed by atoms with Crippen LogP contribution in [0.2, 0.25) is 0 Å². The normalized spacial score (nSPS) is 21.7. The molecule has 0 heterocycles. The van der Waals surface area contributed by atoms with Crippen molar-refractivity contribution in [3.05, 3.63) is 12.2 Å². The number of unbranched alkanes of at least 4 members (excludes halogenated alkanes) is 18. The average molecular weight is 820 g/mol. The molecule has 0 saturated heterocycles. The maximum atomic E-state index is 13.0. The van der Waals surface area contributed by atoms with Gasteiger partial charge >= 0.3 is 7.82 Å². The van der Waals surface area contributed by atoms with Crippen LogP contribution >= 0.6 is 7.82 Å². The van der Waals surface area contributed by atoms with Crippen molar-refractivity contribution in [2.24, 2.45) is 11.8 Å². The van der Waals surface area contributed by atoms with Crippen LogP contribution < -0.4 is 5.32 Å². The van der Waals surface area contributed by atoms with Gasteiger partial charge in [0.1, 0.15) is 13.2 Å². The molecule has 0 aliphatic heterocycles. The van der Waals surface area contributed by atoms with Crippen molar-refractivity contribution in [1.29, 1.82) is 0 Å². The minimum absolute atomic E-state index is 0.0375. The molecule has 1 aliphatic carbocycles. The molecule has 0 bridgehead atoms. The first-order chi connectivity index (χ1) is 26.7. The number of phosphoric acid groups is 1. The molecule has 0 radical (unpaired) electrons. The van der Waals surface area contributed by atoms with Crippen molar-refractivity contribution < 1.29 is 48.2 Å². The van der Waals surface area contributed by atoms with E-state index in [2.05, 4.69) is 19.2 Å². The summed E-state index contributed by atoms with van der Waals surface area (Å²) in [4.78, 5) is 23.3. The Morgan fingerprint density at radius 3 is 1.86 bits per heavy atom. The summed E-state index contributed by atoms with van der Waals surface area (Å²) in [5, 5.41) is 45.4. The summed E-state index contributed by atoms with van der Waals surface area (Å²) in [6.45, 7) is 4.60. The number of carbonyl (C=O) groups is 1. The van der Waals surface area contributed by atoms with E-state index in [1.165, 1.54) is 70.6 Å². The van der Waals surface area contributed by atoms with Crippen molar-refractivity contribution >= 4 is 13.7 Å². The zero-order valence-electron chi connectivity index (χ0n) is 36.5. The lowest BCUT2D eigenvalue weighted by Gasteiger charge is -2.26. The van der Waals surface area contributed by atoms with Crippen molar-refractivity contribution in [3.63, 3.8) is 0 Å². The van der Waals surface area contributed by atoms with E-state index >= 15 is 0 Å². The maximum absolute atomic E-state index is 13.0. The quantitative estimate of drug-likeness (QED) is 0.0156. The van der Waals surface area contributed by atoms with Crippen LogP contribution in [0.15, 0.2) is 12.2 Å². The minimum atomic E-state index is -4.37. The maximum Gasteiger partial charge on any atom is 0.472 e. The molecule has 11 nitrogen and oxygen atoms in total. The molecular formula is C44H88N2O9P+. The molecule has 1 amide bonds. The fourth-order valence-electron chi connectivity index (χ4n) is 7.67. The summed E-state index contributed by atoms with van der Waals surface area (Å²) in [6.07, 6.45) is 27.2. The van der Waals surface area contributed by atoms with Crippen LogP contribution in [0.25, 0.3) is 0 Å². The SMILES string of the molecule is CCCCCCCCCCCCCCCC[C@@H](O)[C@H](COP(=O)(O)OCC[N+](C)(C)C)NC(=O)CCCCCC[C@@H]1[C@@H](/C=C/[C@@H](O)CCCCC)[C@H](O)C[C@@H]1O. The molecule has 56 heavy (non-hydrogen) atoms. The standard InChI is InChI=1S/C44H87N2O9P/c1-6-8-10-11-12-13-14-15-16-17-18-19-20-25-29-41(48)40(36-55-56(52,53)54-34-33-46(3,4)5)45-44(51)30-26-22-21-24-28-38-39(43(50)35-42(38)49)32-31-37(47)27-23-9-7-2/h31-32,37-43,47-50H,6-30,33-36H2,1-5H3,(H-,45,51,52,53)/p+1/b32-31+/t37-,38+,39+,40-,41+,42-,43+/m0/s1. The molecular weight excluding hydrogens is 731 g/mol. The molecule has 12 heteroatoms. The Morgan fingerprint density at radius 1 is 0.750 bits per heavy atom. The first-order valence-corrected chi connectivity index (χ1v) is 24.3. The zero-order chi connectivity index (χ0) is 41.7. The number of hydrogen-bond acceptors (Lipinski definition) is 8. The van der Waals surface area contributed by atoms with E-state index in [1.54, 1.807) is 6.08 Å². The van der Waals surface area contributed by atoms with E-state index in [0.29, 0.717) is 36.7 Å². The van der Waals surface area contributed by atoms with Crippen LogP contribution in [0.4, 0.5) is 0 Å². The third-order valence-corrected chi connectivity index (χ3v) is 12.3. The number of nitrogens with one attached hydrogen (secondary N) is 1. The molecule has 1 fully saturated rings. The van der Waals surface area contributed by atoms with Gasteiger partial charge in [0.25, 0.3) is 0 Å². The first-order valence-electron chi connectivity index (χ1n) is 22.8. The van der Waals surface area contributed by atoms with E-state index < -0.39 is 38.3 Å². The third-order valence-electron chi connectivity index (χ3n) is 11.4. The summed E-state index contributed by atoms with van der Waals surface area (Å²) < 4.78 is 23.6. The van der Waals surface area contributed by atoms with Crippen LogP contribution in [0.3, 0.4) is 0 Å². The Morgan fingerprint density at radius 2 is 1.27 bits per heavy atom. The van der Waals surface area contributed by atoms with Gasteiger partial charge in [0.15, 0.2) is 0 Å². The molecule has 0 aromatic carbocycles. The highest BCUT2D eigenvalue weighted by Crippen LogP contribution is 2.43. The van der Waals surface area contributed by atoms with Crippen molar-refractivity contribution in [3.8, 4) is 0 Å². The van der Waals surface area contributed by atoms with Gasteiger partial charge in [-0.05, 0) is 31.6 Å². The van der Waals surface area contributed by atoms with Crippen LogP contribution in [0, 0.1) is 11.8 Å². The van der Waals surface area contributed by atoms with E-state index in [0.717, 1.165) is 64.2 Å². The fourth-order valence-corrected chi connectivity index (χ4v) is 8.41. The highest BCUT2D eigenvalue weighted by molar-refractivity contribution is 7.47. The van der Waals surface area contributed by atoms with Crippen LogP contribution in [0.5, 0.6) is 0 Å². The Hall–Kier alpha value is -0.880. The summed E-state index contributed by atoms with van der Waals surface area (Å²) in [5.41, 5.74) is 0. The predicted octanol–water partition coefficient (Wildman–Crippen LogP) is 8.74. The van der Waals surface area contributed by atoms with Gasteiger partial charge in [-0.15, -0.1) is 0 Å². The molecule has 1 unspecified atom stereocenters. The second-order valence-corrected chi connectivity index (χ2v) is 19.2. The smallest absolute Gasteiger partial charge is 0.393 e. The molecule has 1 rings (SSSR count). The van der Waals surface area contributed by atoms with E-state index in [1.807, 2.05) is 27.2 Å². The summed E-state index contributed by atoms with van der Waals surface area (Å²) in [5.74, 6) is -0.480. The Kier molecular flexibility index (Phi) is 30.3. The van der Waals surface area contributed by atoms with Gasteiger partial charge in [0.05, 0.1) is 58.2 Å². The lowest BCUT2D eigenvalue weighted by molar-refractivity contribution is -0.870. The zero-order valence-corrected chi connectivity index (χ0v) is 37.4. The van der Waals surface area contributed by atoms with Crippen molar-refractivity contribution in [1.82, 2.24) is 5.32 Å². The fraction of sp³-hybridized carbons (Fsp3) is 0.932. The van der Waals surface area contributed by atoms with Gasteiger partial charge < -0.3 is 35.1 Å². The monoisotopic (exact) mass is 820 g/mol. The molecule has 0 aromatic rings. The third kappa shape index (κ3) is 27.7. The van der Waals surface area contributed by atoms with Crippen molar-refractivity contribution in [2.45, 2.75) is 211 Å². The largest absolute Gasteiger partial charge is 0.472 e. The minimum Gasteiger partial charge on any atom is -0.393 e. The topological polar surface area (TPSA) is 166 Å². The average Bonchev–Trinajstić information content (AvgIpc) is 3.40. The summed E-state index contributed by atoms with van der Waals surface area (Å²) in [6, 6.07) is -0.836. The first kappa shape index (κ1) is 53.1. The lowest BCUT2D eigenvalue weighted by atomic mass is 9.88. The summed E-state index contributed by atoms with van der Waals surface area (Å²) >= 11 is 0. The van der Waals surface area contributed by atoms with Crippen LogP contribution in [-0.2, 0) is 18.4 Å². The van der Waals surface area contributed by atoms with Crippen molar-refractivity contribution in [2.75, 3.05) is 40.9 Å². The van der Waals surface area contributed by atoms with Gasteiger partial charge in [0, 0.05) is 18.8 Å². The molecule has 332 valence electrons. The van der Waals surface area contributed by atoms with E-state index in [4.69, 9.17) is 9.05 Å². The predicted molar refractivity (Wildman–Crippen MR) is 228 cm³/mol. The van der Waals surface area contributed by atoms with Gasteiger partial charge in [0.2, 0.25) is 5.91 Å². The molecule has 6 N–H and O–H groups in total. The number of hydrogen-bond donors (Lipinski definition) is 6. The van der Waals surface area contributed by atoms with E-state index in [-0.39, 0.29) is 37.4 Å². The number of amides is 1. The highest BCUT2D eigenvalue weighted by Gasteiger charge is 2.39. The second-order valence-electron chi connectivity index (χ2n) is 17.8. The van der Waals surface area contributed by atoms with E-state index in [9.17, 15) is 34.7 Å². The number of likely N-dealkylation sites (N-methyl/N-ethyl adjacent to an activating group) is 1. The van der Waals surface area contributed by atoms with Gasteiger partial charge in [-0.3, -0.25) is 13.8 Å². The number of rotatable bonds is 37. The number of aliphatic hydroxyl groups excluding tert-OH is 4. The van der Waals surface area contributed by atoms with Gasteiger partial charge in [-0.1, -0.05) is 154 Å². The summed E-state index contributed by atoms with van der Waals surface area (Å²) in [7, 11) is 1.49. The molecule has 1 saturated carbocycles. The number of aliphatic hydroxyl groups is 4. The molecule has 8 atom stereocenters. The molecule has 1 aliphatic rings. The number of carbonyl (C=O) groups excluding carboxylic acids is 1. The molecule has 0 aromatic heterocycles. The molecule has 0 spiro atoms. The number of phosphoric ester groups is 1. The van der Waals surface area contributed by atoms with Crippen LogP contribution in [-0.4, -0.2) is 107 Å². The Balaban J connectivity index is 2.50. The lowest BCUT2D eigenvalue weighted by Crippen LogP contribution is -2.46. The van der Waals surface area contributed by atoms with Gasteiger partial charge in [-0.25, -0.2) is 4.57 Å². The number of quaternary nitrogens is 1. The van der Waals surface area contributed by atoms with Crippen LogP contribution in [0.1, 0.15) is 181 Å². The van der Waals surface area contributed by atoms with Gasteiger partial charge in [-0.2, -0.15) is 0 Å².